The molecule has 0 fully saturated rings. The zero-order chi connectivity index (χ0) is 18.4. The number of nitrogens with zero attached hydrogens (tertiary/aromatic N) is 1. The molecule has 25 heavy (non-hydrogen) atoms. The molecule has 1 atom stereocenters. The lowest BCUT2D eigenvalue weighted by molar-refractivity contribution is -0.139. The van der Waals surface area contributed by atoms with Gasteiger partial charge < -0.3 is 15.2 Å². The molecule has 134 valence electrons. The summed E-state index contributed by atoms with van der Waals surface area (Å²) < 4.78 is 29.0. The van der Waals surface area contributed by atoms with E-state index in [-0.39, 0.29) is 23.4 Å². The first-order valence-electron chi connectivity index (χ1n) is 7.54. The van der Waals surface area contributed by atoms with Gasteiger partial charge in [0.25, 0.3) is 5.91 Å². The second-order valence-electron chi connectivity index (χ2n) is 5.22. The molecule has 1 unspecified atom stereocenters. The predicted octanol–water partition coefficient (Wildman–Crippen LogP) is 2.66. The molecule has 0 bridgehead atoms. The van der Waals surface area contributed by atoms with Crippen molar-refractivity contribution in [3.8, 4) is 17.0 Å². The van der Waals surface area contributed by atoms with E-state index in [1.807, 2.05) is 0 Å². The van der Waals surface area contributed by atoms with Crippen LogP contribution in [0, 0.1) is 0 Å². The molecule has 1 amide bonds. The number of benzene rings is 1. The van der Waals surface area contributed by atoms with E-state index >= 15 is 0 Å². The van der Waals surface area contributed by atoms with E-state index in [0.717, 1.165) is 0 Å². The number of aliphatic carboxylic acids is 1. The first-order valence-corrected chi connectivity index (χ1v) is 7.54. The largest absolute Gasteiger partial charge is 0.480 e. The number of nitrogens with one attached hydrogen (secondary N) is 2. The molecule has 0 spiro atoms. The van der Waals surface area contributed by atoms with Gasteiger partial charge in [-0.2, -0.15) is 13.9 Å². The van der Waals surface area contributed by atoms with Crippen LogP contribution in [0.1, 0.15) is 30.1 Å². The van der Waals surface area contributed by atoms with Crippen LogP contribution in [-0.2, 0) is 4.79 Å². The lowest BCUT2D eigenvalue weighted by Gasteiger charge is -2.13. The number of H-pyrrole nitrogens is 1. The Labute approximate surface area is 142 Å². The number of ether oxygens (including phenoxy) is 1. The highest BCUT2D eigenvalue weighted by Crippen LogP contribution is 2.26. The Morgan fingerprint density at radius 1 is 1.40 bits per heavy atom. The van der Waals surface area contributed by atoms with Crippen molar-refractivity contribution in [3.05, 3.63) is 36.0 Å². The van der Waals surface area contributed by atoms with Crippen molar-refractivity contribution in [1.29, 1.82) is 0 Å². The fraction of sp³-hybridized carbons (Fsp3) is 0.312. The van der Waals surface area contributed by atoms with E-state index < -0.39 is 24.5 Å². The van der Waals surface area contributed by atoms with E-state index in [9.17, 15) is 18.4 Å². The van der Waals surface area contributed by atoms with Crippen molar-refractivity contribution >= 4 is 11.9 Å². The van der Waals surface area contributed by atoms with Gasteiger partial charge in [-0.25, -0.2) is 4.79 Å². The number of carboxylic acids is 1. The van der Waals surface area contributed by atoms with Crippen molar-refractivity contribution in [2.75, 3.05) is 0 Å². The van der Waals surface area contributed by atoms with Gasteiger partial charge in [-0.3, -0.25) is 9.89 Å². The lowest BCUT2D eigenvalue weighted by atomic mass is 10.1. The highest BCUT2D eigenvalue weighted by molar-refractivity contribution is 6.01. The molecule has 9 heteroatoms. The minimum Gasteiger partial charge on any atom is -0.480 e. The van der Waals surface area contributed by atoms with Gasteiger partial charge in [0.15, 0.2) is 0 Å². The van der Waals surface area contributed by atoms with E-state index in [4.69, 9.17) is 5.11 Å². The summed E-state index contributed by atoms with van der Waals surface area (Å²) in [6.45, 7) is -1.16. The van der Waals surface area contributed by atoms with Gasteiger partial charge in [-0.1, -0.05) is 25.5 Å². The molecule has 2 aromatic rings. The third-order valence-corrected chi connectivity index (χ3v) is 3.41. The van der Waals surface area contributed by atoms with Crippen LogP contribution in [0.3, 0.4) is 0 Å². The SMILES string of the molecule is CCCC(NC(=O)c1cn[nH]c1-c1cccc(OC(F)F)c1)C(=O)O. The average Bonchev–Trinajstić information content (AvgIpc) is 3.03. The highest BCUT2D eigenvalue weighted by atomic mass is 19.3. The van der Waals surface area contributed by atoms with Gasteiger partial charge >= 0.3 is 12.6 Å². The molecule has 3 N–H and O–H groups in total. The Hall–Kier alpha value is -2.97. The number of carbonyl (C=O) groups excluding carboxylic acids is 1. The van der Waals surface area contributed by atoms with E-state index in [0.29, 0.717) is 12.0 Å². The summed E-state index contributed by atoms with van der Waals surface area (Å²) in [6, 6.07) is 4.74. The summed E-state index contributed by atoms with van der Waals surface area (Å²) in [5.74, 6) is -1.82. The van der Waals surface area contributed by atoms with Crippen LogP contribution in [0.4, 0.5) is 8.78 Å². The van der Waals surface area contributed by atoms with Crippen LogP contribution in [0.2, 0.25) is 0 Å². The van der Waals surface area contributed by atoms with Crippen LogP contribution < -0.4 is 10.1 Å². The molecule has 1 heterocycles. The zero-order valence-electron chi connectivity index (χ0n) is 13.3. The van der Waals surface area contributed by atoms with Crippen LogP contribution in [-0.4, -0.2) is 39.8 Å². The van der Waals surface area contributed by atoms with Crippen molar-refractivity contribution in [2.24, 2.45) is 0 Å². The number of hydrogen-bond acceptors (Lipinski definition) is 4. The summed E-state index contributed by atoms with van der Waals surface area (Å²) in [5.41, 5.74) is 0.789. The second kappa shape index (κ2) is 8.22. The van der Waals surface area contributed by atoms with Gasteiger partial charge in [-0.15, -0.1) is 0 Å². The minimum atomic E-state index is -2.97. The van der Waals surface area contributed by atoms with Crippen LogP contribution >= 0.6 is 0 Å². The van der Waals surface area contributed by atoms with Gasteiger partial charge in [0.2, 0.25) is 0 Å². The number of carboxylic acid groups (broad SMARTS) is 1. The second-order valence-corrected chi connectivity index (χ2v) is 5.22. The Bertz CT molecular complexity index is 748. The fourth-order valence-electron chi connectivity index (χ4n) is 2.29. The Kier molecular flexibility index (Phi) is 6.04. The van der Waals surface area contributed by atoms with Crippen LogP contribution in [0.25, 0.3) is 11.3 Å². The molecule has 1 aromatic carbocycles. The van der Waals surface area contributed by atoms with Crippen molar-refractivity contribution in [1.82, 2.24) is 15.5 Å². The highest BCUT2D eigenvalue weighted by Gasteiger charge is 2.23. The van der Waals surface area contributed by atoms with Gasteiger partial charge in [0.1, 0.15) is 11.8 Å². The number of rotatable bonds is 8. The molecule has 0 aliphatic heterocycles. The molecule has 2 rings (SSSR count). The smallest absolute Gasteiger partial charge is 0.387 e. The maximum atomic E-state index is 12.4. The third-order valence-electron chi connectivity index (χ3n) is 3.41. The van der Waals surface area contributed by atoms with Crippen LogP contribution in [0.5, 0.6) is 5.75 Å². The van der Waals surface area contributed by atoms with Crippen molar-refractivity contribution < 1.29 is 28.2 Å². The number of halogens is 2. The summed E-state index contributed by atoms with van der Waals surface area (Å²) in [4.78, 5) is 23.5. The summed E-state index contributed by atoms with van der Waals surface area (Å²) in [7, 11) is 0. The van der Waals surface area contributed by atoms with Gasteiger partial charge in [0, 0.05) is 5.56 Å². The van der Waals surface area contributed by atoms with E-state index in [1.54, 1.807) is 13.0 Å². The maximum Gasteiger partial charge on any atom is 0.387 e. The molecule has 7 nitrogen and oxygen atoms in total. The Balaban J connectivity index is 2.25. The summed E-state index contributed by atoms with van der Waals surface area (Å²) >= 11 is 0. The van der Waals surface area contributed by atoms with Crippen LogP contribution in [0.15, 0.2) is 30.5 Å². The third kappa shape index (κ3) is 4.75. The number of carbonyl (C=O) groups is 2. The maximum absolute atomic E-state index is 12.4. The topological polar surface area (TPSA) is 104 Å². The molecule has 0 saturated heterocycles. The van der Waals surface area contributed by atoms with Crippen molar-refractivity contribution in [2.45, 2.75) is 32.4 Å². The van der Waals surface area contributed by atoms with Gasteiger partial charge in [0.05, 0.1) is 17.5 Å². The number of aromatic nitrogens is 2. The predicted molar refractivity (Wildman–Crippen MR) is 84.5 cm³/mol. The molecule has 0 aliphatic rings. The van der Waals surface area contributed by atoms with E-state index in [2.05, 4.69) is 20.3 Å². The first-order chi connectivity index (χ1) is 11.9. The summed E-state index contributed by atoms with van der Waals surface area (Å²) in [6.07, 6.45) is 2.12. The lowest BCUT2D eigenvalue weighted by Crippen LogP contribution is -2.40. The molecule has 0 aliphatic carbocycles. The summed E-state index contributed by atoms with van der Waals surface area (Å²) in [5, 5.41) is 18.0. The fourth-order valence-corrected chi connectivity index (χ4v) is 2.29. The number of amides is 1. The molecular weight excluding hydrogens is 336 g/mol. The number of aromatic amines is 1. The number of alkyl halides is 2. The molecule has 0 radical (unpaired) electrons. The zero-order valence-corrected chi connectivity index (χ0v) is 13.3. The standard InChI is InChI=1S/C16H17F2N3O4/c1-2-4-12(15(23)24)20-14(22)11-8-19-21-13(11)9-5-3-6-10(7-9)25-16(17)18/h3,5-8,12,16H,2,4H2,1H3,(H,19,21)(H,20,22)(H,23,24). The quantitative estimate of drug-likeness (QED) is 0.677. The molecule has 1 aromatic heterocycles. The Morgan fingerprint density at radius 3 is 2.80 bits per heavy atom. The van der Waals surface area contributed by atoms with E-state index in [1.165, 1.54) is 24.4 Å². The number of hydrogen-bond donors (Lipinski definition) is 3. The monoisotopic (exact) mass is 353 g/mol. The molecule has 0 saturated carbocycles. The van der Waals surface area contributed by atoms with Gasteiger partial charge in [-0.05, 0) is 18.6 Å². The van der Waals surface area contributed by atoms with Crippen molar-refractivity contribution in [3.63, 3.8) is 0 Å². The minimum absolute atomic E-state index is 0.0668. The average molecular weight is 353 g/mol. The molecular formula is C16H17F2N3O4. The normalized spacial score (nSPS) is 12.0. The Morgan fingerprint density at radius 2 is 2.16 bits per heavy atom. The first kappa shape index (κ1) is 18.4.